The van der Waals surface area contributed by atoms with Crippen molar-refractivity contribution in [1.29, 1.82) is 0 Å². The van der Waals surface area contributed by atoms with Gasteiger partial charge in [0.2, 0.25) is 0 Å². The molecule has 3 heterocycles. The molecule has 0 amide bonds. The summed E-state index contributed by atoms with van der Waals surface area (Å²) in [5.41, 5.74) is 5.26. The van der Waals surface area contributed by atoms with E-state index in [0.717, 1.165) is 78.4 Å². The molecule has 0 aliphatic carbocycles. The number of aromatic nitrogens is 2. The number of rotatable bonds is 9. The molecule has 0 bridgehead atoms. The van der Waals surface area contributed by atoms with Gasteiger partial charge in [0.1, 0.15) is 17.4 Å². The smallest absolute Gasteiger partial charge is 0.144 e. The highest BCUT2D eigenvalue weighted by Crippen LogP contribution is 2.33. The maximum Gasteiger partial charge on any atom is 0.144 e. The van der Waals surface area contributed by atoms with Gasteiger partial charge in [0.25, 0.3) is 0 Å². The van der Waals surface area contributed by atoms with Gasteiger partial charge in [-0.3, -0.25) is 0 Å². The van der Waals surface area contributed by atoms with Crippen molar-refractivity contribution >= 4 is 28.7 Å². The van der Waals surface area contributed by atoms with E-state index in [4.69, 9.17) is 9.47 Å². The molecule has 2 N–H and O–H groups in total. The molecule has 1 aromatic carbocycles. The molecule has 2 aromatic heterocycles. The van der Waals surface area contributed by atoms with E-state index in [2.05, 4.69) is 69.5 Å². The number of morpholine rings is 1. The highest BCUT2D eigenvalue weighted by atomic mass is 16.5. The Morgan fingerprint density at radius 2 is 1.94 bits per heavy atom. The lowest BCUT2D eigenvalue weighted by Crippen LogP contribution is -2.36. The molecule has 180 valence electrons. The molecule has 1 fully saturated rings. The van der Waals surface area contributed by atoms with Crippen molar-refractivity contribution in [2.75, 3.05) is 67.4 Å². The summed E-state index contributed by atoms with van der Waals surface area (Å²) in [4.78, 5) is 13.6. The molecule has 0 atom stereocenters. The first-order chi connectivity index (χ1) is 16.6. The van der Waals surface area contributed by atoms with E-state index in [1.807, 2.05) is 30.6 Å². The van der Waals surface area contributed by atoms with Crippen molar-refractivity contribution < 1.29 is 9.47 Å². The summed E-state index contributed by atoms with van der Waals surface area (Å²) in [5.74, 6) is 2.53. The molecule has 34 heavy (non-hydrogen) atoms. The topological polar surface area (TPSA) is 74.8 Å². The largest absolute Gasteiger partial charge is 0.494 e. The van der Waals surface area contributed by atoms with E-state index < -0.39 is 0 Å². The number of nitrogens with one attached hydrogen (secondary N) is 2. The Hall–Kier alpha value is -3.52. The first-order valence-corrected chi connectivity index (χ1v) is 11.7. The fourth-order valence-corrected chi connectivity index (χ4v) is 3.97. The molecule has 4 rings (SSSR count). The first kappa shape index (κ1) is 23.6. The molecule has 8 heteroatoms. The lowest BCUT2D eigenvalue weighted by atomic mass is 10.2. The van der Waals surface area contributed by atoms with E-state index in [-0.39, 0.29) is 0 Å². The highest BCUT2D eigenvalue weighted by Gasteiger charge is 2.14. The van der Waals surface area contributed by atoms with Crippen LogP contribution in [-0.2, 0) is 11.3 Å². The summed E-state index contributed by atoms with van der Waals surface area (Å²) in [5, 5.41) is 6.98. The molecule has 0 spiro atoms. The van der Waals surface area contributed by atoms with Crippen LogP contribution in [0.15, 0.2) is 48.8 Å². The molecule has 0 unspecified atom stereocenters. The summed E-state index contributed by atoms with van der Waals surface area (Å²) >= 11 is 0. The molecule has 0 radical (unpaired) electrons. The number of pyridine rings is 2. The number of ether oxygens (including phenoxy) is 2. The lowest BCUT2D eigenvalue weighted by molar-refractivity contribution is 0.122. The molecule has 3 aromatic rings. The van der Waals surface area contributed by atoms with Gasteiger partial charge in [-0.05, 0) is 37.6 Å². The number of aryl methyl sites for hydroxylation is 1. The maximum absolute atomic E-state index is 5.68. The van der Waals surface area contributed by atoms with Gasteiger partial charge in [-0.2, -0.15) is 0 Å². The Morgan fingerprint density at radius 1 is 1.12 bits per heavy atom. The Balaban J connectivity index is 1.49. The minimum atomic E-state index is 0.676. The van der Waals surface area contributed by atoms with Gasteiger partial charge in [0, 0.05) is 74.7 Å². The summed E-state index contributed by atoms with van der Waals surface area (Å²) in [6.07, 6.45) is 3.71. The molecule has 1 saturated heterocycles. The number of nitrogens with zero attached hydrogens (tertiary/aromatic N) is 4. The van der Waals surface area contributed by atoms with E-state index in [1.165, 1.54) is 0 Å². The van der Waals surface area contributed by atoms with Gasteiger partial charge in [-0.1, -0.05) is 6.07 Å². The summed E-state index contributed by atoms with van der Waals surface area (Å²) < 4.78 is 11.1. The van der Waals surface area contributed by atoms with Crippen molar-refractivity contribution in [2.24, 2.45) is 0 Å². The number of methoxy groups -OCH3 is 1. The van der Waals surface area contributed by atoms with Crippen LogP contribution in [0.1, 0.15) is 18.1 Å². The minimum Gasteiger partial charge on any atom is -0.494 e. The third-order valence-electron chi connectivity index (χ3n) is 6.10. The average Bonchev–Trinajstić information content (AvgIpc) is 2.89. The second-order valence-corrected chi connectivity index (χ2v) is 8.35. The third kappa shape index (κ3) is 5.51. The van der Waals surface area contributed by atoms with Crippen LogP contribution in [0.5, 0.6) is 5.75 Å². The van der Waals surface area contributed by atoms with Gasteiger partial charge in [-0.15, -0.1) is 0 Å². The van der Waals surface area contributed by atoms with Gasteiger partial charge >= 0.3 is 0 Å². The standard InChI is InChI=1S/C26H34N6O2/c1-5-31(3)26-20(7-6-10-27-26)18-28-23-16-25(29-17-19(23)2)30-22-9-8-21(15-24(22)33-4)32-11-13-34-14-12-32/h6-10,15-17H,5,11-14,18H2,1-4H3,(H2,28,29,30). The fraction of sp³-hybridized carbons (Fsp3) is 0.385. The monoisotopic (exact) mass is 462 g/mol. The quantitative estimate of drug-likeness (QED) is 0.483. The van der Waals surface area contributed by atoms with E-state index in [1.54, 1.807) is 7.11 Å². The van der Waals surface area contributed by atoms with Crippen LogP contribution in [0, 0.1) is 6.92 Å². The normalized spacial score (nSPS) is 13.5. The summed E-state index contributed by atoms with van der Waals surface area (Å²) in [7, 11) is 3.75. The first-order valence-electron chi connectivity index (χ1n) is 11.7. The SMILES string of the molecule is CCN(C)c1ncccc1CNc1cc(Nc2ccc(N3CCOCC3)cc2OC)ncc1C. The van der Waals surface area contributed by atoms with Crippen LogP contribution in [0.3, 0.4) is 0 Å². The van der Waals surface area contributed by atoms with Crippen LogP contribution < -0.4 is 25.2 Å². The van der Waals surface area contributed by atoms with Crippen LogP contribution in [0.25, 0.3) is 0 Å². The number of anilines is 5. The van der Waals surface area contributed by atoms with Crippen LogP contribution in [-0.4, -0.2) is 57.0 Å². The average molecular weight is 463 g/mol. The molecule has 1 aliphatic heterocycles. The summed E-state index contributed by atoms with van der Waals surface area (Å²) in [6.45, 7) is 9.03. The zero-order valence-electron chi connectivity index (χ0n) is 20.5. The fourth-order valence-electron chi connectivity index (χ4n) is 3.97. The lowest BCUT2D eigenvalue weighted by Gasteiger charge is -2.29. The molecule has 0 saturated carbocycles. The van der Waals surface area contributed by atoms with E-state index >= 15 is 0 Å². The highest BCUT2D eigenvalue weighted by molar-refractivity contribution is 5.71. The third-order valence-corrected chi connectivity index (χ3v) is 6.10. The Labute approximate surface area is 201 Å². The van der Waals surface area contributed by atoms with Crippen LogP contribution >= 0.6 is 0 Å². The van der Waals surface area contributed by atoms with Crippen LogP contribution in [0.4, 0.5) is 28.7 Å². The van der Waals surface area contributed by atoms with Gasteiger partial charge in [0.15, 0.2) is 0 Å². The molecule has 8 nitrogen and oxygen atoms in total. The predicted molar refractivity (Wildman–Crippen MR) is 139 cm³/mol. The molecular formula is C26H34N6O2. The van der Waals surface area contributed by atoms with Gasteiger partial charge in [0.05, 0.1) is 26.0 Å². The molecular weight excluding hydrogens is 428 g/mol. The second kappa shape index (κ2) is 11.1. The van der Waals surface area contributed by atoms with Crippen molar-refractivity contribution in [3.05, 3.63) is 59.9 Å². The number of hydrogen-bond donors (Lipinski definition) is 2. The Bertz CT molecular complexity index is 1100. The van der Waals surface area contributed by atoms with Crippen molar-refractivity contribution in [1.82, 2.24) is 9.97 Å². The minimum absolute atomic E-state index is 0.676. The van der Waals surface area contributed by atoms with E-state index in [9.17, 15) is 0 Å². The van der Waals surface area contributed by atoms with Gasteiger partial charge in [-0.25, -0.2) is 9.97 Å². The zero-order chi connectivity index (χ0) is 23.9. The summed E-state index contributed by atoms with van der Waals surface area (Å²) in [6, 6.07) is 12.3. The Morgan fingerprint density at radius 3 is 2.71 bits per heavy atom. The van der Waals surface area contributed by atoms with Crippen molar-refractivity contribution in [2.45, 2.75) is 20.4 Å². The van der Waals surface area contributed by atoms with Crippen molar-refractivity contribution in [3.8, 4) is 5.75 Å². The number of benzene rings is 1. The molecule has 1 aliphatic rings. The number of hydrogen-bond acceptors (Lipinski definition) is 8. The van der Waals surface area contributed by atoms with E-state index in [0.29, 0.717) is 6.54 Å². The van der Waals surface area contributed by atoms with Crippen LogP contribution in [0.2, 0.25) is 0 Å². The van der Waals surface area contributed by atoms with Crippen molar-refractivity contribution in [3.63, 3.8) is 0 Å². The zero-order valence-corrected chi connectivity index (χ0v) is 20.5. The van der Waals surface area contributed by atoms with Gasteiger partial charge < -0.3 is 29.9 Å². The second-order valence-electron chi connectivity index (χ2n) is 8.35. The Kier molecular flexibility index (Phi) is 7.69. The maximum atomic E-state index is 5.68. The predicted octanol–water partition coefficient (Wildman–Crippen LogP) is 4.44.